The summed E-state index contributed by atoms with van der Waals surface area (Å²) in [6.07, 6.45) is 0. The van der Waals surface area contributed by atoms with Crippen molar-refractivity contribution in [1.82, 2.24) is 4.57 Å². The van der Waals surface area contributed by atoms with Crippen LogP contribution in [0.2, 0.25) is 0 Å². The molecule has 0 bridgehead atoms. The van der Waals surface area contributed by atoms with Gasteiger partial charge < -0.3 is 10.3 Å². The van der Waals surface area contributed by atoms with Gasteiger partial charge in [-0.1, -0.05) is 23.5 Å². The molecule has 20 heavy (non-hydrogen) atoms. The van der Waals surface area contributed by atoms with E-state index in [-0.39, 0.29) is 5.78 Å². The minimum absolute atomic E-state index is 0.0922. The molecule has 5 heteroatoms. The van der Waals surface area contributed by atoms with Crippen molar-refractivity contribution in [2.45, 2.75) is 33.9 Å². The van der Waals surface area contributed by atoms with E-state index in [9.17, 15) is 4.79 Å². The van der Waals surface area contributed by atoms with E-state index in [4.69, 9.17) is 5.73 Å². The lowest BCUT2D eigenvalue weighted by atomic mass is 10.2. The number of hydrogen-bond donors (Lipinski definition) is 1. The van der Waals surface area contributed by atoms with Crippen molar-refractivity contribution in [3.63, 3.8) is 0 Å². The Hall–Kier alpha value is -1.72. The van der Waals surface area contributed by atoms with Crippen LogP contribution in [0.15, 0.2) is 29.3 Å². The average molecular weight is 289 g/mol. The second-order valence-corrected chi connectivity index (χ2v) is 5.56. The van der Waals surface area contributed by atoms with Crippen molar-refractivity contribution < 1.29 is 4.79 Å². The fourth-order valence-electron chi connectivity index (χ4n) is 2.09. The second kappa shape index (κ2) is 6.15. The number of Topliss-reactive ketones (excluding diaryl/α,β-unsaturated/α-hetero) is 1. The summed E-state index contributed by atoms with van der Waals surface area (Å²) in [4.78, 5) is 17.9. The molecule has 0 aliphatic carbocycles. The average Bonchev–Trinajstić information content (AvgIpc) is 2.76. The van der Waals surface area contributed by atoms with Crippen LogP contribution < -0.4 is 10.5 Å². The molecule has 0 amide bonds. The van der Waals surface area contributed by atoms with E-state index in [2.05, 4.69) is 16.5 Å². The van der Waals surface area contributed by atoms with E-state index in [1.54, 1.807) is 6.92 Å². The molecule has 0 atom stereocenters. The topological polar surface area (TPSA) is 60.4 Å². The number of carbonyl (C=O) groups is 1. The Labute approximate surface area is 122 Å². The van der Waals surface area contributed by atoms with Crippen molar-refractivity contribution in [2.24, 2.45) is 10.7 Å². The summed E-state index contributed by atoms with van der Waals surface area (Å²) >= 11 is 1.45. The summed E-state index contributed by atoms with van der Waals surface area (Å²) in [7, 11) is 0. The molecule has 0 fully saturated rings. The minimum atomic E-state index is 0.0922. The molecule has 0 unspecified atom stereocenters. The third-order valence-electron chi connectivity index (χ3n) is 3.19. The van der Waals surface area contributed by atoms with Crippen molar-refractivity contribution in [2.75, 3.05) is 0 Å². The highest BCUT2D eigenvalue weighted by atomic mass is 32.1. The number of rotatable bonds is 4. The van der Waals surface area contributed by atoms with Crippen molar-refractivity contribution in [3.8, 4) is 0 Å². The van der Waals surface area contributed by atoms with Crippen LogP contribution in [-0.2, 0) is 13.1 Å². The van der Waals surface area contributed by atoms with Crippen LogP contribution in [0, 0.1) is 6.92 Å². The van der Waals surface area contributed by atoms with Gasteiger partial charge in [0.1, 0.15) is 0 Å². The molecule has 0 aliphatic heterocycles. The van der Waals surface area contributed by atoms with Crippen LogP contribution in [0.25, 0.3) is 0 Å². The van der Waals surface area contributed by atoms with Gasteiger partial charge in [0.25, 0.3) is 0 Å². The van der Waals surface area contributed by atoms with Crippen molar-refractivity contribution in [1.29, 1.82) is 0 Å². The molecular formula is C15H19N3OS. The maximum absolute atomic E-state index is 11.6. The Kier molecular flexibility index (Phi) is 4.52. The maximum atomic E-state index is 11.6. The van der Waals surface area contributed by atoms with Gasteiger partial charge in [-0.25, -0.2) is 4.99 Å². The summed E-state index contributed by atoms with van der Waals surface area (Å²) in [5.74, 6) is 0.0922. The van der Waals surface area contributed by atoms with Gasteiger partial charge >= 0.3 is 0 Å². The molecule has 0 spiro atoms. The fraction of sp³-hybridized carbons (Fsp3) is 0.333. The molecule has 0 aliphatic rings. The largest absolute Gasteiger partial charge is 0.326 e. The number of carbonyl (C=O) groups excluding carboxylic acids is 1. The third-order valence-corrected chi connectivity index (χ3v) is 4.47. The first kappa shape index (κ1) is 14.7. The highest BCUT2D eigenvalue weighted by molar-refractivity contribution is 7.11. The highest BCUT2D eigenvalue weighted by Crippen LogP contribution is 2.16. The molecule has 2 N–H and O–H groups in total. The van der Waals surface area contributed by atoms with Gasteiger partial charge in [-0.05, 0) is 31.5 Å². The number of benzene rings is 1. The van der Waals surface area contributed by atoms with E-state index in [0.29, 0.717) is 6.54 Å². The number of thiazole rings is 1. The van der Waals surface area contributed by atoms with Gasteiger partial charge in [0, 0.05) is 25.7 Å². The molecule has 0 saturated heterocycles. The normalized spacial score (nSPS) is 11.9. The van der Waals surface area contributed by atoms with Gasteiger partial charge in [-0.15, -0.1) is 0 Å². The number of nitrogens with two attached hydrogens (primary N) is 1. The van der Waals surface area contributed by atoms with Crippen LogP contribution >= 0.6 is 11.3 Å². The van der Waals surface area contributed by atoms with E-state index in [1.165, 1.54) is 11.3 Å². The van der Waals surface area contributed by atoms with Gasteiger partial charge in [0.05, 0.1) is 10.6 Å². The summed E-state index contributed by atoms with van der Waals surface area (Å²) in [6, 6.07) is 7.85. The summed E-state index contributed by atoms with van der Waals surface area (Å²) in [6.45, 7) is 6.95. The zero-order chi connectivity index (χ0) is 14.7. The van der Waals surface area contributed by atoms with E-state index < -0.39 is 0 Å². The Balaban J connectivity index is 2.52. The molecule has 2 aromatic rings. The first-order chi connectivity index (χ1) is 9.56. The van der Waals surface area contributed by atoms with Gasteiger partial charge in [-0.2, -0.15) is 0 Å². The predicted molar refractivity (Wildman–Crippen MR) is 82.3 cm³/mol. The molecule has 1 heterocycles. The quantitative estimate of drug-likeness (QED) is 0.880. The summed E-state index contributed by atoms with van der Waals surface area (Å²) in [5.41, 5.74) is 8.53. The smallest absolute Gasteiger partial charge is 0.190 e. The van der Waals surface area contributed by atoms with Crippen LogP contribution in [0.4, 0.5) is 5.69 Å². The third kappa shape index (κ3) is 2.89. The van der Waals surface area contributed by atoms with Crippen LogP contribution in [0.3, 0.4) is 0 Å². The number of aromatic nitrogens is 1. The molecular weight excluding hydrogens is 270 g/mol. The lowest BCUT2D eigenvalue weighted by Crippen LogP contribution is -2.14. The second-order valence-electron chi connectivity index (χ2n) is 4.58. The molecule has 0 saturated carbocycles. The number of ketones is 1. The van der Waals surface area contributed by atoms with Gasteiger partial charge in [0.15, 0.2) is 10.6 Å². The number of nitrogens with zero attached hydrogens (tertiary/aromatic N) is 2. The Morgan fingerprint density at radius 2 is 2.00 bits per heavy atom. The summed E-state index contributed by atoms with van der Waals surface area (Å²) < 4.78 is 2.07. The van der Waals surface area contributed by atoms with Crippen molar-refractivity contribution in [3.05, 3.63) is 45.2 Å². The van der Waals surface area contributed by atoms with Crippen molar-refractivity contribution >= 4 is 22.8 Å². The number of hydrogen-bond acceptors (Lipinski definition) is 4. The van der Waals surface area contributed by atoms with Crippen LogP contribution in [0.1, 0.15) is 34.8 Å². The standard InChI is InChI=1S/C15H19N3OS/c1-4-18-10(2)14(11(3)19)20-15(18)17-13-7-5-12(9-16)6-8-13/h5-8H,4,9,16H2,1-3H3. The van der Waals surface area contributed by atoms with E-state index in [0.717, 1.165) is 33.2 Å². The lowest BCUT2D eigenvalue weighted by Gasteiger charge is -2.01. The zero-order valence-electron chi connectivity index (χ0n) is 12.0. The monoisotopic (exact) mass is 289 g/mol. The minimum Gasteiger partial charge on any atom is -0.326 e. The first-order valence-corrected chi connectivity index (χ1v) is 7.43. The highest BCUT2D eigenvalue weighted by Gasteiger charge is 2.12. The van der Waals surface area contributed by atoms with Crippen LogP contribution in [0.5, 0.6) is 0 Å². The molecule has 2 rings (SSSR count). The molecule has 4 nitrogen and oxygen atoms in total. The Morgan fingerprint density at radius 3 is 2.50 bits per heavy atom. The van der Waals surface area contributed by atoms with Crippen LogP contribution in [-0.4, -0.2) is 10.4 Å². The molecule has 106 valence electrons. The fourth-order valence-corrected chi connectivity index (χ4v) is 3.20. The lowest BCUT2D eigenvalue weighted by molar-refractivity contribution is 0.102. The predicted octanol–water partition coefficient (Wildman–Crippen LogP) is 2.77. The first-order valence-electron chi connectivity index (χ1n) is 6.61. The SMILES string of the molecule is CCn1c(C)c(C(C)=O)sc1=Nc1ccc(CN)cc1. The Bertz CT molecular complexity index is 680. The molecule has 0 radical (unpaired) electrons. The zero-order valence-corrected chi connectivity index (χ0v) is 12.8. The maximum Gasteiger partial charge on any atom is 0.190 e. The molecule has 1 aromatic carbocycles. The van der Waals surface area contributed by atoms with Gasteiger partial charge in [-0.3, -0.25) is 4.79 Å². The Morgan fingerprint density at radius 1 is 1.35 bits per heavy atom. The van der Waals surface area contributed by atoms with E-state index >= 15 is 0 Å². The van der Waals surface area contributed by atoms with Gasteiger partial charge in [0.2, 0.25) is 0 Å². The van der Waals surface area contributed by atoms with E-state index in [1.807, 2.05) is 31.2 Å². The summed E-state index contributed by atoms with van der Waals surface area (Å²) in [5, 5.41) is 0. The molecule has 1 aromatic heterocycles.